The maximum atomic E-state index is 13.0. The molecule has 3 aromatic carbocycles. The molecule has 0 spiro atoms. The zero-order valence-electron chi connectivity index (χ0n) is 18.2. The molecule has 1 aliphatic heterocycles. The average Bonchev–Trinajstić information content (AvgIpc) is 2.84. The number of ether oxygens (including phenoxy) is 1. The van der Waals surface area contributed by atoms with Gasteiger partial charge in [0.15, 0.2) is 0 Å². The molecule has 33 heavy (non-hydrogen) atoms. The van der Waals surface area contributed by atoms with Crippen molar-refractivity contribution in [2.24, 2.45) is 0 Å². The van der Waals surface area contributed by atoms with Crippen LogP contribution in [0.2, 0.25) is 0 Å². The van der Waals surface area contributed by atoms with Crippen molar-refractivity contribution >= 4 is 34.5 Å². The highest BCUT2D eigenvalue weighted by Gasteiger charge is 2.32. The van der Waals surface area contributed by atoms with Crippen LogP contribution in [0.4, 0.5) is 0 Å². The van der Waals surface area contributed by atoms with Crippen LogP contribution in [0, 0.1) is 0 Å². The summed E-state index contributed by atoms with van der Waals surface area (Å²) in [4.78, 5) is 51.5. The number of carbonyl (C=O) groups excluding carboxylic acids is 4. The number of esters is 1. The Labute approximate surface area is 191 Å². The van der Waals surface area contributed by atoms with E-state index >= 15 is 0 Å². The number of hydrogen-bond acceptors (Lipinski definition) is 5. The predicted octanol–water partition coefficient (Wildman–Crippen LogP) is 3.64. The van der Waals surface area contributed by atoms with E-state index in [1.54, 1.807) is 24.3 Å². The van der Waals surface area contributed by atoms with Gasteiger partial charge in [-0.25, -0.2) is 0 Å². The lowest BCUT2D eigenvalue weighted by Crippen LogP contribution is -2.41. The zero-order valence-corrected chi connectivity index (χ0v) is 18.2. The van der Waals surface area contributed by atoms with E-state index in [4.69, 9.17) is 4.74 Å². The monoisotopic (exact) mass is 444 g/mol. The Bertz CT molecular complexity index is 1170. The van der Waals surface area contributed by atoms with Crippen LogP contribution in [0.3, 0.4) is 0 Å². The largest absolute Gasteiger partial charge is 0.469 e. The minimum Gasteiger partial charge on any atom is -0.469 e. The fraction of sp³-hybridized carbons (Fsp3) is 0.231. The fourth-order valence-electron chi connectivity index (χ4n) is 4.14. The zero-order chi connectivity index (χ0) is 23.4. The van der Waals surface area contributed by atoms with Crippen LogP contribution in [0.1, 0.15) is 51.6 Å². The van der Waals surface area contributed by atoms with E-state index in [2.05, 4.69) is 5.32 Å². The van der Waals surface area contributed by atoms with Crippen LogP contribution in [-0.2, 0) is 14.3 Å². The van der Waals surface area contributed by atoms with E-state index in [0.717, 1.165) is 10.9 Å². The molecular formula is C26H24N2O5. The van der Waals surface area contributed by atoms with Gasteiger partial charge in [-0.2, -0.15) is 0 Å². The summed E-state index contributed by atoms with van der Waals surface area (Å²) >= 11 is 0. The number of amides is 3. The fourth-order valence-corrected chi connectivity index (χ4v) is 4.14. The molecule has 1 heterocycles. The minimum absolute atomic E-state index is 0.0101. The number of benzene rings is 3. The Balaban J connectivity index is 1.40. The first kappa shape index (κ1) is 22.2. The predicted molar refractivity (Wildman–Crippen MR) is 123 cm³/mol. The molecule has 4 rings (SSSR count). The molecule has 0 saturated carbocycles. The quantitative estimate of drug-likeness (QED) is 0.423. The second-order valence-electron chi connectivity index (χ2n) is 7.89. The van der Waals surface area contributed by atoms with E-state index in [1.807, 2.05) is 42.5 Å². The Morgan fingerprint density at radius 3 is 2.15 bits per heavy atom. The molecule has 3 amide bonds. The van der Waals surface area contributed by atoms with E-state index in [-0.39, 0.29) is 37.1 Å². The highest BCUT2D eigenvalue weighted by molar-refractivity contribution is 6.25. The smallest absolute Gasteiger partial charge is 0.307 e. The van der Waals surface area contributed by atoms with Gasteiger partial charge in [-0.3, -0.25) is 24.1 Å². The van der Waals surface area contributed by atoms with Gasteiger partial charge < -0.3 is 10.1 Å². The molecule has 3 aromatic rings. The van der Waals surface area contributed by atoms with E-state index in [9.17, 15) is 19.2 Å². The van der Waals surface area contributed by atoms with Gasteiger partial charge in [0.1, 0.15) is 0 Å². The summed E-state index contributed by atoms with van der Waals surface area (Å²) in [5.74, 6) is -1.40. The number of hydrogen-bond donors (Lipinski definition) is 1. The first-order valence-electron chi connectivity index (χ1n) is 10.8. The number of imide groups is 1. The van der Waals surface area contributed by atoms with Crippen LogP contribution >= 0.6 is 0 Å². The molecule has 0 aliphatic carbocycles. The maximum Gasteiger partial charge on any atom is 0.307 e. The SMILES string of the molecule is COC(=O)CC(NC(=O)CCCN1C(=O)c2cccc3cccc(c23)C1=O)c1ccccc1. The van der Waals surface area contributed by atoms with Gasteiger partial charge in [0.05, 0.1) is 19.6 Å². The molecule has 168 valence electrons. The van der Waals surface area contributed by atoms with Crippen LogP contribution < -0.4 is 5.32 Å². The number of carbonyl (C=O) groups is 4. The Morgan fingerprint density at radius 1 is 0.909 bits per heavy atom. The van der Waals surface area contributed by atoms with E-state index in [0.29, 0.717) is 22.9 Å². The van der Waals surface area contributed by atoms with Gasteiger partial charge in [0, 0.05) is 29.5 Å². The number of nitrogens with zero attached hydrogens (tertiary/aromatic N) is 1. The van der Waals surface area contributed by atoms with Crippen LogP contribution in [-0.4, -0.2) is 42.2 Å². The van der Waals surface area contributed by atoms with Crippen LogP contribution in [0.5, 0.6) is 0 Å². The molecule has 0 bridgehead atoms. The van der Waals surface area contributed by atoms with Gasteiger partial charge in [-0.1, -0.05) is 54.6 Å². The third-order valence-electron chi connectivity index (χ3n) is 5.78. The molecule has 1 atom stereocenters. The molecule has 0 radical (unpaired) electrons. The lowest BCUT2D eigenvalue weighted by molar-refractivity contribution is -0.141. The van der Waals surface area contributed by atoms with Crippen molar-refractivity contribution in [3.63, 3.8) is 0 Å². The lowest BCUT2D eigenvalue weighted by Gasteiger charge is -2.27. The van der Waals surface area contributed by atoms with Gasteiger partial charge in [-0.05, 0) is 29.5 Å². The van der Waals surface area contributed by atoms with Gasteiger partial charge in [0.2, 0.25) is 5.91 Å². The van der Waals surface area contributed by atoms with Crippen molar-refractivity contribution < 1.29 is 23.9 Å². The third kappa shape index (κ3) is 4.62. The Hall–Kier alpha value is -4.00. The van der Waals surface area contributed by atoms with Crippen molar-refractivity contribution in [1.29, 1.82) is 0 Å². The Morgan fingerprint density at radius 2 is 1.55 bits per heavy atom. The molecular weight excluding hydrogens is 420 g/mol. The standard InChI is InChI=1S/C26H24N2O5/c1-33-23(30)16-21(17-8-3-2-4-9-17)27-22(29)14-7-15-28-25(31)19-12-5-10-18-11-6-13-20(24(18)19)26(28)32/h2-6,8-13,21H,7,14-16H2,1H3,(H,27,29). The van der Waals surface area contributed by atoms with Gasteiger partial charge in [-0.15, -0.1) is 0 Å². The van der Waals surface area contributed by atoms with Crippen molar-refractivity contribution in [2.45, 2.75) is 25.3 Å². The van der Waals surface area contributed by atoms with E-state index in [1.165, 1.54) is 12.0 Å². The van der Waals surface area contributed by atoms with Crippen LogP contribution in [0.25, 0.3) is 10.8 Å². The molecule has 7 nitrogen and oxygen atoms in total. The molecule has 0 saturated heterocycles. The topological polar surface area (TPSA) is 92.8 Å². The molecule has 0 aromatic heterocycles. The van der Waals surface area contributed by atoms with Gasteiger partial charge in [0.25, 0.3) is 11.8 Å². The number of rotatable bonds is 8. The summed E-state index contributed by atoms with van der Waals surface area (Å²) in [7, 11) is 1.30. The molecule has 1 aliphatic rings. The highest BCUT2D eigenvalue weighted by Crippen LogP contribution is 2.30. The van der Waals surface area contributed by atoms with Gasteiger partial charge >= 0.3 is 5.97 Å². The molecule has 7 heteroatoms. The van der Waals surface area contributed by atoms with Crippen molar-refractivity contribution in [3.05, 3.63) is 83.4 Å². The molecule has 1 N–H and O–H groups in total. The van der Waals surface area contributed by atoms with Crippen LogP contribution in [0.15, 0.2) is 66.7 Å². The summed E-state index contributed by atoms with van der Waals surface area (Å²) in [5, 5.41) is 4.39. The maximum absolute atomic E-state index is 13.0. The molecule has 1 unspecified atom stereocenters. The Kier molecular flexibility index (Phi) is 6.49. The van der Waals surface area contributed by atoms with Crippen molar-refractivity contribution in [2.75, 3.05) is 13.7 Å². The number of nitrogens with one attached hydrogen (secondary N) is 1. The third-order valence-corrected chi connectivity index (χ3v) is 5.78. The highest BCUT2D eigenvalue weighted by atomic mass is 16.5. The number of methoxy groups -OCH3 is 1. The van der Waals surface area contributed by atoms with Crippen molar-refractivity contribution in [1.82, 2.24) is 10.2 Å². The molecule has 0 fully saturated rings. The first-order chi connectivity index (χ1) is 16.0. The average molecular weight is 444 g/mol. The normalized spacial score (nSPS) is 13.7. The second-order valence-corrected chi connectivity index (χ2v) is 7.89. The second kappa shape index (κ2) is 9.65. The van der Waals surface area contributed by atoms with E-state index < -0.39 is 12.0 Å². The summed E-state index contributed by atoms with van der Waals surface area (Å²) < 4.78 is 4.75. The summed E-state index contributed by atoms with van der Waals surface area (Å²) in [6, 6.07) is 19.4. The van der Waals surface area contributed by atoms with Crippen molar-refractivity contribution in [3.8, 4) is 0 Å². The summed E-state index contributed by atoms with van der Waals surface area (Å²) in [6.45, 7) is 0.128. The minimum atomic E-state index is -0.520. The first-order valence-corrected chi connectivity index (χ1v) is 10.8. The summed E-state index contributed by atoms with van der Waals surface area (Å²) in [5.41, 5.74) is 1.78. The summed E-state index contributed by atoms with van der Waals surface area (Å²) in [6.07, 6.45) is 0.421. The lowest BCUT2D eigenvalue weighted by atomic mass is 9.94.